The Morgan fingerprint density at radius 2 is 2.04 bits per heavy atom. The van der Waals surface area contributed by atoms with Gasteiger partial charge in [0.05, 0.1) is 11.0 Å². The van der Waals surface area contributed by atoms with Gasteiger partial charge in [0, 0.05) is 24.8 Å². The number of hydrogen-bond acceptors (Lipinski definition) is 5. The summed E-state index contributed by atoms with van der Waals surface area (Å²) in [6, 6.07) is 9.85. The van der Waals surface area contributed by atoms with Crippen molar-refractivity contribution in [2.45, 2.75) is 25.8 Å². The highest BCUT2D eigenvalue weighted by Crippen LogP contribution is 2.31. The van der Waals surface area contributed by atoms with Gasteiger partial charge in [-0.05, 0) is 44.0 Å². The maximum absolute atomic E-state index is 13.3. The lowest BCUT2D eigenvalue weighted by atomic mass is 10.0. The van der Waals surface area contributed by atoms with Crippen LogP contribution < -0.4 is 10.2 Å². The van der Waals surface area contributed by atoms with E-state index in [-0.39, 0.29) is 11.7 Å². The summed E-state index contributed by atoms with van der Waals surface area (Å²) in [6.45, 7) is 3.30. The van der Waals surface area contributed by atoms with Crippen LogP contribution in [0.5, 0.6) is 0 Å². The molecular weight excluding hydrogens is 311 g/mol. The van der Waals surface area contributed by atoms with Crippen molar-refractivity contribution in [3.8, 4) is 0 Å². The lowest BCUT2D eigenvalue weighted by Crippen LogP contribution is -2.39. The molecule has 1 aromatic carbocycles. The number of aryl methyl sites for hydroxylation is 1. The number of aromatic nitrogens is 1. The van der Waals surface area contributed by atoms with Crippen molar-refractivity contribution in [3.63, 3.8) is 0 Å². The summed E-state index contributed by atoms with van der Waals surface area (Å²) in [5.74, 6) is 0.258. The average Bonchev–Trinajstić information content (AvgIpc) is 2.56. The Bertz CT molecular complexity index is 745. The largest absolute Gasteiger partial charge is 0.367 e. The zero-order chi connectivity index (χ0) is 17.1. The maximum atomic E-state index is 13.3. The molecule has 0 atom stereocenters. The van der Waals surface area contributed by atoms with Gasteiger partial charge in [-0.2, -0.15) is 0 Å². The number of nitrogens with zero attached hydrogens (tertiary/aromatic N) is 3. The van der Waals surface area contributed by atoms with Crippen LogP contribution in [-0.4, -0.2) is 29.0 Å². The predicted molar refractivity (Wildman–Crippen MR) is 90.9 cm³/mol. The minimum Gasteiger partial charge on any atom is -0.367 e. The van der Waals surface area contributed by atoms with E-state index >= 15 is 0 Å². The first-order valence-corrected chi connectivity index (χ1v) is 7.92. The van der Waals surface area contributed by atoms with Crippen molar-refractivity contribution in [2.24, 2.45) is 0 Å². The van der Waals surface area contributed by atoms with Crippen LogP contribution >= 0.6 is 0 Å². The number of halogens is 1. The van der Waals surface area contributed by atoms with Crippen LogP contribution in [-0.2, 0) is 0 Å². The third kappa shape index (κ3) is 3.61. The minimum absolute atomic E-state index is 0.179. The van der Waals surface area contributed by atoms with Crippen LogP contribution in [0.25, 0.3) is 0 Å². The molecule has 2 heterocycles. The molecule has 6 nitrogen and oxygen atoms in total. The Morgan fingerprint density at radius 1 is 1.29 bits per heavy atom. The quantitative estimate of drug-likeness (QED) is 0.686. The molecular formula is C17H19FN4O2. The number of pyridine rings is 1. The molecule has 1 aliphatic heterocycles. The van der Waals surface area contributed by atoms with Gasteiger partial charge in [-0.15, -0.1) is 0 Å². The molecule has 7 heteroatoms. The molecule has 126 valence electrons. The van der Waals surface area contributed by atoms with Gasteiger partial charge in [0.15, 0.2) is 0 Å². The SMILES string of the molecule is Cc1cccc(NC2CCN(c3ccc(F)cc3[N+](=O)[O-])CC2)n1. The molecule has 0 spiro atoms. The van der Waals surface area contributed by atoms with Crippen molar-refractivity contribution in [1.82, 2.24) is 4.98 Å². The molecule has 0 unspecified atom stereocenters. The number of piperidine rings is 1. The highest BCUT2D eigenvalue weighted by atomic mass is 19.1. The summed E-state index contributed by atoms with van der Waals surface area (Å²) in [7, 11) is 0. The van der Waals surface area contributed by atoms with E-state index in [0.29, 0.717) is 18.8 Å². The van der Waals surface area contributed by atoms with Crippen LogP contribution in [0.3, 0.4) is 0 Å². The van der Waals surface area contributed by atoms with Gasteiger partial charge in [-0.25, -0.2) is 9.37 Å². The number of anilines is 2. The summed E-state index contributed by atoms with van der Waals surface area (Å²) in [6.07, 6.45) is 1.67. The van der Waals surface area contributed by atoms with Crippen LogP contribution in [0.4, 0.5) is 21.6 Å². The lowest BCUT2D eigenvalue weighted by Gasteiger charge is -2.33. The van der Waals surface area contributed by atoms with Gasteiger partial charge in [-0.3, -0.25) is 10.1 Å². The van der Waals surface area contributed by atoms with Crippen LogP contribution in [0.15, 0.2) is 36.4 Å². The number of nitro groups is 1. The zero-order valence-corrected chi connectivity index (χ0v) is 13.4. The Kier molecular flexibility index (Phi) is 4.59. The first-order chi connectivity index (χ1) is 11.5. The highest BCUT2D eigenvalue weighted by molar-refractivity contribution is 5.63. The second-order valence-corrected chi connectivity index (χ2v) is 5.96. The molecule has 1 saturated heterocycles. The van der Waals surface area contributed by atoms with Gasteiger partial charge in [0.2, 0.25) is 0 Å². The molecule has 1 aromatic heterocycles. The summed E-state index contributed by atoms with van der Waals surface area (Å²) in [4.78, 5) is 17.0. The topological polar surface area (TPSA) is 71.3 Å². The minimum atomic E-state index is -0.590. The highest BCUT2D eigenvalue weighted by Gasteiger charge is 2.25. The molecule has 1 fully saturated rings. The van der Waals surface area contributed by atoms with E-state index in [1.807, 2.05) is 30.0 Å². The van der Waals surface area contributed by atoms with Crippen molar-refractivity contribution in [1.29, 1.82) is 0 Å². The first-order valence-electron chi connectivity index (χ1n) is 7.92. The molecule has 0 bridgehead atoms. The Labute approximate surface area is 139 Å². The van der Waals surface area contributed by atoms with Crippen molar-refractivity contribution in [2.75, 3.05) is 23.3 Å². The maximum Gasteiger partial charge on any atom is 0.295 e. The molecule has 1 N–H and O–H groups in total. The lowest BCUT2D eigenvalue weighted by molar-refractivity contribution is -0.384. The second-order valence-electron chi connectivity index (χ2n) is 5.96. The molecule has 3 rings (SSSR count). The smallest absolute Gasteiger partial charge is 0.295 e. The third-order valence-corrected chi connectivity index (χ3v) is 4.21. The van der Waals surface area contributed by atoms with Gasteiger partial charge in [0.25, 0.3) is 5.69 Å². The fourth-order valence-corrected chi connectivity index (χ4v) is 3.01. The number of benzene rings is 1. The van der Waals surface area contributed by atoms with Gasteiger partial charge < -0.3 is 10.2 Å². The Hall–Kier alpha value is -2.70. The normalized spacial score (nSPS) is 15.3. The van der Waals surface area contributed by atoms with Crippen LogP contribution in [0.1, 0.15) is 18.5 Å². The fraction of sp³-hybridized carbons (Fsp3) is 0.353. The average molecular weight is 330 g/mol. The van der Waals surface area contributed by atoms with E-state index in [0.717, 1.165) is 30.4 Å². The molecule has 24 heavy (non-hydrogen) atoms. The van der Waals surface area contributed by atoms with Gasteiger partial charge in [0.1, 0.15) is 17.3 Å². The number of rotatable bonds is 4. The number of nitro benzene ring substituents is 1. The molecule has 0 amide bonds. The van der Waals surface area contributed by atoms with E-state index < -0.39 is 10.7 Å². The standard InChI is InChI=1S/C17H19FN4O2/c1-12-3-2-4-17(19-12)20-14-7-9-21(10-8-14)15-6-5-13(18)11-16(15)22(23)24/h2-6,11,14H,7-10H2,1H3,(H,19,20). The number of hydrogen-bond donors (Lipinski definition) is 1. The van der Waals surface area contributed by atoms with E-state index in [2.05, 4.69) is 10.3 Å². The number of nitrogens with one attached hydrogen (secondary N) is 1. The Morgan fingerprint density at radius 3 is 2.71 bits per heavy atom. The molecule has 0 radical (unpaired) electrons. The third-order valence-electron chi connectivity index (χ3n) is 4.21. The van der Waals surface area contributed by atoms with Crippen molar-refractivity contribution < 1.29 is 9.31 Å². The zero-order valence-electron chi connectivity index (χ0n) is 13.4. The van der Waals surface area contributed by atoms with E-state index in [1.54, 1.807) is 0 Å². The van der Waals surface area contributed by atoms with Crippen molar-refractivity contribution in [3.05, 3.63) is 58.0 Å². The summed E-state index contributed by atoms with van der Waals surface area (Å²) < 4.78 is 13.3. The van der Waals surface area contributed by atoms with E-state index in [9.17, 15) is 14.5 Å². The molecule has 2 aromatic rings. The van der Waals surface area contributed by atoms with Crippen LogP contribution in [0.2, 0.25) is 0 Å². The van der Waals surface area contributed by atoms with Gasteiger partial charge in [-0.1, -0.05) is 6.07 Å². The van der Waals surface area contributed by atoms with Crippen molar-refractivity contribution >= 4 is 17.2 Å². The van der Waals surface area contributed by atoms with E-state index in [4.69, 9.17) is 0 Å². The fourth-order valence-electron chi connectivity index (χ4n) is 3.01. The first kappa shape index (κ1) is 16.2. The molecule has 0 saturated carbocycles. The van der Waals surface area contributed by atoms with Gasteiger partial charge >= 0.3 is 0 Å². The van der Waals surface area contributed by atoms with E-state index in [1.165, 1.54) is 12.1 Å². The summed E-state index contributed by atoms with van der Waals surface area (Å²) >= 11 is 0. The van der Waals surface area contributed by atoms with Crippen LogP contribution in [0, 0.1) is 22.9 Å². The predicted octanol–water partition coefficient (Wildman–Crippen LogP) is 3.52. The molecule has 0 aliphatic carbocycles. The second kappa shape index (κ2) is 6.82. The Balaban J connectivity index is 1.66. The monoisotopic (exact) mass is 330 g/mol. The summed E-state index contributed by atoms with van der Waals surface area (Å²) in [5, 5.41) is 14.6. The molecule has 1 aliphatic rings. The summed E-state index contributed by atoms with van der Waals surface area (Å²) in [5.41, 5.74) is 1.26.